The molecule has 0 aliphatic carbocycles. The third-order valence-corrected chi connectivity index (χ3v) is 1.68. The number of aromatic amines is 1. The summed E-state index contributed by atoms with van der Waals surface area (Å²) in [5.74, 6) is 0.431. The van der Waals surface area contributed by atoms with Crippen molar-refractivity contribution >= 4 is 0 Å². The Bertz CT molecular complexity index is 332. The van der Waals surface area contributed by atoms with Gasteiger partial charge in [-0.25, -0.2) is 0 Å². The fourth-order valence-electron chi connectivity index (χ4n) is 1.07. The minimum atomic E-state index is -0.478. The predicted molar refractivity (Wildman–Crippen MR) is 61.3 cm³/mol. The molecule has 2 unspecified atom stereocenters. The summed E-state index contributed by atoms with van der Waals surface area (Å²) < 4.78 is 20.6. The maximum Gasteiger partial charge on any atom is 0.299 e. The number of aromatic nitrogens is 2. The Hall–Kier alpha value is -2.11. The Morgan fingerprint density at radius 2 is 1.76 bits per heavy atom. The Morgan fingerprint density at radius 3 is 2.35 bits per heavy atom. The van der Waals surface area contributed by atoms with Crippen molar-refractivity contribution in [2.45, 2.75) is 26.4 Å². The summed E-state index contributed by atoms with van der Waals surface area (Å²) in [4.78, 5) is 6.76. The van der Waals surface area contributed by atoms with Crippen LogP contribution in [0.1, 0.15) is 13.8 Å². The second-order valence-electron chi connectivity index (χ2n) is 3.03. The van der Waals surface area contributed by atoms with Gasteiger partial charge in [0.1, 0.15) is 0 Å². The van der Waals surface area contributed by atoms with E-state index >= 15 is 0 Å². The van der Waals surface area contributed by atoms with Gasteiger partial charge in [0.2, 0.25) is 18.5 Å². The molecule has 94 valence electrons. The van der Waals surface area contributed by atoms with Crippen LogP contribution in [-0.4, -0.2) is 22.5 Å². The number of hydrogen-bond acceptors (Lipinski definition) is 5. The molecule has 6 heteroatoms. The molecule has 0 aliphatic rings. The van der Waals surface area contributed by atoms with Gasteiger partial charge in [-0.2, -0.15) is 4.98 Å². The molecule has 0 saturated heterocycles. The fraction of sp³-hybridized carbons (Fsp3) is 0.364. The normalized spacial score (nSPS) is 13.3. The van der Waals surface area contributed by atoms with Gasteiger partial charge in [-0.1, -0.05) is 13.2 Å². The van der Waals surface area contributed by atoms with Crippen LogP contribution in [-0.2, 0) is 9.47 Å². The molecule has 2 atom stereocenters. The number of hydrogen-bond donors (Lipinski definition) is 1. The molecule has 0 aromatic carbocycles. The van der Waals surface area contributed by atoms with Crippen LogP contribution in [0.2, 0.25) is 0 Å². The zero-order valence-electron chi connectivity index (χ0n) is 9.88. The highest BCUT2D eigenvalue weighted by molar-refractivity contribution is 5.10. The highest BCUT2D eigenvalue weighted by Crippen LogP contribution is 2.15. The van der Waals surface area contributed by atoms with E-state index < -0.39 is 12.6 Å². The van der Waals surface area contributed by atoms with Crippen LogP contribution in [0.4, 0.5) is 0 Å². The molecule has 0 aliphatic heterocycles. The van der Waals surface area contributed by atoms with Crippen LogP contribution in [0.15, 0.2) is 31.9 Å². The molecule has 0 saturated carbocycles. The summed E-state index contributed by atoms with van der Waals surface area (Å²) >= 11 is 0. The molecule has 0 amide bonds. The molecule has 6 nitrogen and oxygen atoms in total. The van der Waals surface area contributed by atoms with Crippen molar-refractivity contribution in [1.82, 2.24) is 9.97 Å². The van der Waals surface area contributed by atoms with Crippen molar-refractivity contribution in [3.8, 4) is 11.9 Å². The van der Waals surface area contributed by atoms with Gasteiger partial charge in [0.25, 0.3) is 6.01 Å². The van der Waals surface area contributed by atoms with Gasteiger partial charge in [0.15, 0.2) is 0 Å². The largest absolute Gasteiger partial charge is 0.463 e. The fourth-order valence-corrected chi connectivity index (χ4v) is 1.07. The predicted octanol–water partition coefficient (Wildman–Crippen LogP) is 2.18. The highest BCUT2D eigenvalue weighted by Gasteiger charge is 2.09. The Kier molecular flexibility index (Phi) is 4.93. The average Bonchev–Trinajstić information content (AvgIpc) is 2.66. The zero-order chi connectivity index (χ0) is 12.7. The number of H-pyrrole nitrogens is 1. The Balaban J connectivity index is 2.47. The summed E-state index contributed by atoms with van der Waals surface area (Å²) in [6.07, 6.45) is 3.15. The van der Waals surface area contributed by atoms with E-state index in [0.717, 1.165) is 0 Å². The number of ether oxygens (including phenoxy) is 4. The second kappa shape index (κ2) is 6.47. The number of rotatable bonds is 8. The van der Waals surface area contributed by atoms with Crippen LogP contribution in [0.5, 0.6) is 11.9 Å². The first-order valence-electron chi connectivity index (χ1n) is 5.06. The van der Waals surface area contributed by atoms with Crippen molar-refractivity contribution in [1.29, 1.82) is 0 Å². The van der Waals surface area contributed by atoms with Gasteiger partial charge in [-0.05, 0) is 0 Å². The molecule has 0 radical (unpaired) electrons. The van der Waals surface area contributed by atoms with E-state index in [1.807, 2.05) is 0 Å². The molecule has 1 rings (SSSR count). The first kappa shape index (κ1) is 13.0. The van der Waals surface area contributed by atoms with E-state index in [-0.39, 0.29) is 0 Å². The van der Waals surface area contributed by atoms with Gasteiger partial charge in [0.05, 0.1) is 18.7 Å². The molecule has 1 aromatic rings. The van der Waals surface area contributed by atoms with E-state index in [9.17, 15) is 0 Å². The topological polar surface area (TPSA) is 65.6 Å². The third-order valence-electron chi connectivity index (χ3n) is 1.68. The van der Waals surface area contributed by atoms with Gasteiger partial charge in [0, 0.05) is 13.8 Å². The standard InChI is InChI=1S/C11H16N2O4/c1-5-14-8(3)16-10-7-12-11(13-10)17-9(4)15-6-2/h5-9H,1-2H2,3-4H3,(H,12,13). The summed E-state index contributed by atoms with van der Waals surface area (Å²) in [5.41, 5.74) is 0. The Labute approximate surface area is 99.9 Å². The van der Waals surface area contributed by atoms with Crippen molar-refractivity contribution in [2.75, 3.05) is 0 Å². The summed E-state index contributed by atoms with van der Waals surface area (Å²) in [6, 6.07) is 0.292. The third kappa shape index (κ3) is 4.50. The van der Waals surface area contributed by atoms with Crippen molar-refractivity contribution in [3.05, 3.63) is 31.9 Å². The number of nitrogens with one attached hydrogen (secondary N) is 1. The molecule has 0 spiro atoms. The van der Waals surface area contributed by atoms with Crippen LogP contribution < -0.4 is 9.47 Å². The maximum atomic E-state index is 5.32. The van der Waals surface area contributed by atoms with Gasteiger partial charge in [-0.15, -0.1) is 0 Å². The van der Waals surface area contributed by atoms with Crippen LogP contribution in [0, 0.1) is 0 Å². The molecule has 1 aromatic heterocycles. The maximum absolute atomic E-state index is 5.32. The molecule has 0 bridgehead atoms. The van der Waals surface area contributed by atoms with Crippen LogP contribution >= 0.6 is 0 Å². The summed E-state index contributed by atoms with van der Waals surface area (Å²) in [7, 11) is 0. The first-order chi connectivity index (χ1) is 8.15. The lowest BCUT2D eigenvalue weighted by molar-refractivity contribution is -0.0232. The minimum Gasteiger partial charge on any atom is -0.463 e. The van der Waals surface area contributed by atoms with E-state index in [2.05, 4.69) is 23.1 Å². The summed E-state index contributed by atoms with van der Waals surface area (Å²) in [5, 5.41) is 0. The lowest BCUT2D eigenvalue weighted by Crippen LogP contribution is -2.14. The van der Waals surface area contributed by atoms with Gasteiger partial charge >= 0.3 is 0 Å². The van der Waals surface area contributed by atoms with Gasteiger partial charge < -0.3 is 18.9 Å². The van der Waals surface area contributed by atoms with E-state index in [1.165, 1.54) is 18.7 Å². The van der Waals surface area contributed by atoms with Crippen LogP contribution in [0.3, 0.4) is 0 Å². The molecule has 0 fully saturated rings. The highest BCUT2D eigenvalue weighted by atomic mass is 16.7. The van der Waals surface area contributed by atoms with E-state index in [4.69, 9.17) is 18.9 Å². The number of imidazole rings is 1. The minimum absolute atomic E-state index is 0.292. The number of nitrogens with zero attached hydrogens (tertiary/aromatic N) is 1. The lowest BCUT2D eigenvalue weighted by Gasteiger charge is -2.12. The van der Waals surface area contributed by atoms with Crippen molar-refractivity contribution in [2.24, 2.45) is 0 Å². The van der Waals surface area contributed by atoms with Crippen molar-refractivity contribution in [3.63, 3.8) is 0 Å². The van der Waals surface area contributed by atoms with Gasteiger partial charge in [-0.3, -0.25) is 4.98 Å². The second-order valence-corrected chi connectivity index (χ2v) is 3.03. The SMILES string of the molecule is C=COC(C)Oc1cnc(OC(C)OC=C)[nH]1. The first-order valence-corrected chi connectivity index (χ1v) is 5.06. The smallest absolute Gasteiger partial charge is 0.299 e. The quantitative estimate of drug-likeness (QED) is 0.557. The van der Waals surface area contributed by atoms with E-state index in [0.29, 0.717) is 11.9 Å². The Morgan fingerprint density at radius 1 is 1.18 bits per heavy atom. The molecule has 17 heavy (non-hydrogen) atoms. The zero-order valence-corrected chi connectivity index (χ0v) is 9.88. The molecular weight excluding hydrogens is 224 g/mol. The van der Waals surface area contributed by atoms with E-state index in [1.54, 1.807) is 13.8 Å². The molecule has 1 heterocycles. The van der Waals surface area contributed by atoms with Crippen molar-refractivity contribution < 1.29 is 18.9 Å². The molecule has 1 N–H and O–H groups in total. The van der Waals surface area contributed by atoms with Crippen LogP contribution in [0.25, 0.3) is 0 Å². The monoisotopic (exact) mass is 240 g/mol. The average molecular weight is 240 g/mol. The summed E-state index contributed by atoms with van der Waals surface area (Å²) in [6.45, 7) is 10.3. The lowest BCUT2D eigenvalue weighted by atomic mass is 10.7. The molecular formula is C11H16N2O4.